The number of esters is 1. The fourth-order valence-corrected chi connectivity index (χ4v) is 6.09. The SMILES string of the molecule is COC(=O)c1c(NC(=O)C2CC(=O)N(c3ccc(F)cc3)C2)sc2c1CCN(Cc1ccccc1)C2. The van der Waals surface area contributed by atoms with Crippen LogP contribution in [0.1, 0.15) is 32.8 Å². The predicted molar refractivity (Wildman–Crippen MR) is 135 cm³/mol. The summed E-state index contributed by atoms with van der Waals surface area (Å²) in [6, 6.07) is 15.8. The number of carbonyl (C=O) groups is 3. The van der Waals surface area contributed by atoms with Gasteiger partial charge in [-0.1, -0.05) is 30.3 Å². The van der Waals surface area contributed by atoms with Crippen LogP contribution in [0.4, 0.5) is 15.1 Å². The van der Waals surface area contributed by atoms with E-state index >= 15 is 0 Å². The lowest BCUT2D eigenvalue weighted by Gasteiger charge is -2.27. The number of hydrogen-bond acceptors (Lipinski definition) is 6. The van der Waals surface area contributed by atoms with E-state index in [0.717, 1.165) is 23.5 Å². The zero-order valence-corrected chi connectivity index (χ0v) is 20.6. The monoisotopic (exact) mass is 507 g/mol. The number of benzene rings is 2. The molecule has 0 spiro atoms. The summed E-state index contributed by atoms with van der Waals surface area (Å²) in [5.74, 6) is -1.97. The van der Waals surface area contributed by atoms with Crippen molar-refractivity contribution < 1.29 is 23.5 Å². The van der Waals surface area contributed by atoms with E-state index in [-0.39, 0.29) is 30.6 Å². The number of anilines is 2. The number of carbonyl (C=O) groups excluding carboxylic acids is 3. The Bertz CT molecular complexity index is 1290. The van der Waals surface area contributed by atoms with Crippen molar-refractivity contribution in [3.05, 3.63) is 82.0 Å². The number of nitrogens with one attached hydrogen (secondary N) is 1. The molecule has 1 saturated heterocycles. The largest absolute Gasteiger partial charge is 0.465 e. The second-order valence-electron chi connectivity index (χ2n) is 9.02. The van der Waals surface area contributed by atoms with Gasteiger partial charge < -0.3 is 15.0 Å². The molecule has 3 heterocycles. The van der Waals surface area contributed by atoms with Crippen molar-refractivity contribution >= 4 is 39.8 Å². The van der Waals surface area contributed by atoms with Gasteiger partial charge in [0.05, 0.1) is 18.6 Å². The van der Waals surface area contributed by atoms with Gasteiger partial charge >= 0.3 is 5.97 Å². The molecular formula is C27H26FN3O4S. The molecule has 1 fully saturated rings. The van der Waals surface area contributed by atoms with Crippen molar-refractivity contribution in [3.8, 4) is 0 Å². The highest BCUT2D eigenvalue weighted by Gasteiger charge is 2.37. The number of halogens is 1. The highest BCUT2D eigenvalue weighted by atomic mass is 32.1. The first kappa shape index (κ1) is 24.1. The molecule has 3 aromatic rings. The van der Waals surface area contributed by atoms with Gasteiger partial charge in [0.1, 0.15) is 10.8 Å². The Morgan fingerprint density at radius 3 is 2.61 bits per heavy atom. The number of rotatable bonds is 6. The summed E-state index contributed by atoms with van der Waals surface area (Å²) in [4.78, 5) is 43.3. The summed E-state index contributed by atoms with van der Waals surface area (Å²) in [6.07, 6.45) is 0.728. The maximum absolute atomic E-state index is 13.3. The average molecular weight is 508 g/mol. The van der Waals surface area contributed by atoms with Crippen LogP contribution in [-0.4, -0.2) is 42.9 Å². The fraction of sp³-hybridized carbons (Fsp3) is 0.296. The Labute approximate surface area is 212 Å². The molecule has 7 nitrogen and oxygen atoms in total. The molecule has 9 heteroatoms. The normalized spacial score (nSPS) is 17.7. The third kappa shape index (κ3) is 4.89. The van der Waals surface area contributed by atoms with Gasteiger partial charge in [0, 0.05) is 43.2 Å². The first-order chi connectivity index (χ1) is 17.4. The van der Waals surface area contributed by atoms with E-state index in [1.165, 1.54) is 53.2 Å². The van der Waals surface area contributed by atoms with E-state index in [1.54, 1.807) is 0 Å². The Balaban J connectivity index is 1.32. The smallest absolute Gasteiger partial charge is 0.341 e. The van der Waals surface area contributed by atoms with Crippen LogP contribution in [0.2, 0.25) is 0 Å². The molecule has 2 amide bonds. The van der Waals surface area contributed by atoms with Gasteiger partial charge in [0.25, 0.3) is 0 Å². The summed E-state index contributed by atoms with van der Waals surface area (Å²) in [6.45, 7) is 2.46. The highest BCUT2D eigenvalue weighted by Crippen LogP contribution is 2.38. The Hall–Kier alpha value is -3.56. The second-order valence-corrected chi connectivity index (χ2v) is 10.1. The zero-order chi connectivity index (χ0) is 25.2. The van der Waals surface area contributed by atoms with E-state index < -0.39 is 11.9 Å². The van der Waals surface area contributed by atoms with Gasteiger partial charge in [-0.05, 0) is 41.8 Å². The Morgan fingerprint density at radius 1 is 1.14 bits per heavy atom. The molecule has 2 aliphatic rings. The Morgan fingerprint density at radius 2 is 1.89 bits per heavy atom. The molecule has 5 rings (SSSR count). The van der Waals surface area contributed by atoms with Crippen LogP contribution in [0.3, 0.4) is 0 Å². The maximum Gasteiger partial charge on any atom is 0.341 e. The summed E-state index contributed by atoms with van der Waals surface area (Å²) >= 11 is 1.39. The highest BCUT2D eigenvalue weighted by molar-refractivity contribution is 7.17. The van der Waals surface area contributed by atoms with Gasteiger partial charge in [-0.15, -0.1) is 11.3 Å². The molecule has 1 atom stereocenters. The molecule has 0 saturated carbocycles. The summed E-state index contributed by atoms with van der Waals surface area (Å²) in [7, 11) is 1.33. The molecule has 1 aromatic heterocycles. The summed E-state index contributed by atoms with van der Waals surface area (Å²) in [5.41, 5.74) is 3.10. The van der Waals surface area contributed by atoms with E-state index in [4.69, 9.17) is 4.74 Å². The maximum atomic E-state index is 13.3. The number of hydrogen-bond donors (Lipinski definition) is 1. The molecule has 1 unspecified atom stereocenters. The van der Waals surface area contributed by atoms with Crippen LogP contribution in [-0.2, 0) is 33.8 Å². The molecule has 0 radical (unpaired) electrons. The number of methoxy groups -OCH3 is 1. The van der Waals surface area contributed by atoms with Crippen LogP contribution >= 0.6 is 11.3 Å². The minimum Gasteiger partial charge on any atom is -0.465 e. The summed E-state index contributed by atoms with van der Waals surface area (Å²) in [5, 5.41) is 3.38. The van der Waals surface area contributed by atoms with Crippen LogP contribution in [0.15, 0.2) is 54.6 Å². The Kier molecular flexibility index (Phi) is 6.84. The van der Waals surface area contributed by atoms with Crippen molar-refractivity contribution in [3.63, 3.8) is 0 Å². The quantitative estimate of drug-likeness (QED) is 0.506. The van der Waals surface area contributed by atoms with Crippen molar-refractivity contribution in [1.29, 1.82) is 0 Å². The topological polar surface area (TPSA) is 78.9 Å². The molecule has 186 valence electrons. The number of ether oxygens (including phenoxy) is 1. The van der Waals surface area contributed by atoms with Crippen molar-refractivity contribution in [2.75, 3.05) is 30.4 Å². The lowest BCUT2D eigenvalue weighted by Crippen LogP contribution is -2.30. The van der Waals surface area contributed by atoms with Gasteiger partial charge in [-0.3, -0.25) is 14.5 Å². The van der Waals surface area contributed by atoms with E-state index in [2.05, 4.69) is 22.3 Å². The first-order valence-corrected chi connectivity index (χ1v) is 12.6. The van der Waals surface area contributed by atoms with Crippen LogP contribution in [0.25, 0.3) is 0 Å². The standard InChI is InChI=1S/C27H26FN3O4S/c1-35-27(34)24-21-11-12-30(14-17-5-3-2-4-6-17)16-22(21)36-26(24)29-25(33)18-13-23(32)31(15-18)20-9-7-19(28)8-10-20/h2-10,18H,11-16H2,1H3,(H,29,33). The first-order valence-electron chi connectivity index (χ1n) is 11.8. The van der Waals surface area contributed by atoms with Crippen molar-refractivity contribution in [1.82, 2.24) is 4.90 Å². The van der Waals surface area contributed by atoms with Crippen LogP contribution in [0, 0.1) is 11.7 Å². The molecule has 2 aromatic carbocycles. The van der Waals surface area contributed by atoms with Gasteiger partial charge in [-0.2, -0.15) is 0 Å². The summed E-state index contributed by atoms with van der Waals surface area (Å²) < 4.78 is 18.3. The minimum absolute atomic E-state index is 0.0483. The van der Waals surface area contributed by atoms with Gasteiger partial charge in [0.2, 0.25) is 11.8 Å². The molecule has 1 N–H and O–H groups in total. The van der Waals surface area contributed by atoms with Gasteiger partial charge in [0.15, 0.2) is 0 Å². The number of nitrogens with zero attached hydrogens (tertiary/aromatic N) is 2. The number of thiophene rings is 1. The lowest BCUT2D eigenvalue weighted by atomic mass is 10.0. The molecule has 0 bridgehead atoms. The zero-order valence-electron chi connectivity index (χ0n) is 19.8. The third-order valence-electron chi connectivity index (χ3n) is 6.65. The lowest BCUT2D eigenvalue weighted by molar-refractivity contribution is -0.122. The second kappa shape index (κ2) is 10.2. The average Bonchev–Trinajstić information content (AvgIpc) is 3.44. The number of amides is 2. The van der Waals surface area contributed by atoms with Crippen LogP contribution < -0.4 is 10.2 Å². The van der Waals surface area contributed by atoms with Crippen molar-refractivity contribution in [2.45, 2.75) is 25.9 Å². The van der Waals surface area contributed by atoms with E-state index in [0.29, 0.717) is 29.2 Å². The molecule has 2 aliphatic heterocycles. The van der Waals surface area contributed by atoms with E-state index in [9.17, 15) is 18.8 Å². The van der Waals surface area contributed by atoms with Gasteiger partial charge in [-0.25, -0.2) is 9.18 Å². The minimum atomic E-state index is -0.582. The molecule has 0 aliphatic carbocycles. The van der Waals surface area contributed by atoms with Crippen molar-refractivity contribution in [2.24, 2.45) is 5.92 Å². The fourth-order valence-electron chi connectivity index (χ4n) is 4.81. The molecular weight excluding hydrogens is 481 g/mol. The van der Waals surface area contributed by atoms with Crippen LogP contribution in [0.5, 0.6) is 0 Å². The predicted octanol–water partition coefficient (Wildman–Crippen LogP) is 4.22. The number of fused-ring (bicyclic) bond motifs is 1. The molecule has 36 heavy (non-hydrogen) atoms. The van der Waals surface area contributed by atoms with E-state index in [1.807, 2.05) is 18.2 Å². The third-order valence-corrected chi connectivity index (χ3v) is 7.78.